The van der Waals surface area contributed by atoms with E-state index in [1.807, 2.05) is 6.20 Å². The lowest BCUT2D eigenvalue weighted by Crippen LogP contribution is -2.38. The van der Waals surface area contributed by atoms with Gasteiger partial charge in [-0.05, 0) is 76.9 Å². The van der Waals surface area contributed by atoms with Crippen molar-refractivity contribution < 1.29 is 9.47 Å². The minimum Gasteiger partial charge on any atom is -0.457 e. The molecule has 0 radical (unpaired) electrons. The summed E-state index contributed by atoms with van der Waals surface area (Å²) in [5.74, 6) is 3.43. The van der Waals surface area contributed by atoms with E-state index in [1.54, 1.807) is 0 Å². The highest BCUT2D eigenvalue weighted by molar-refractivity contribution is 5.97. The molecule has 4 aliphatic rings. The van der Waals surface area contributed by atoms with E-state index in [1.165, 1.54) is 11.1 Å². The van der Waals surface area contributed by atoms with Crippen molar-refractivity contribution in [3.63, 3.8) is 0 Å². The number of aromatic amines is 1. The van der Waals surface area contributed by atoms with E-state index >= 15 is 0 Å². The molecule has 6 aromatic rings. The zero-order valence-corrected chi connectivity index (χ0v) is 27.3. The number of para-hydroxylation sites is 4. The molecule has 1 N–H and O–H groups in total. The zero-order valence-electron chi connectivity index (χ0n) is 27.3. The van der Waals surface area contributed by atoms with E-state index in [9.17, 15) is 0 Å². The van der Waals surface area contributed by atoms with Gasteiger partial charge >= 0.3 is 0 Å². The van der Waals surface area contributed by atoms with Crippen LogP contribution in [0.3, 0.4) is 0 Å². The quantitative estimate of drug-likeness (QED) is 0.208. The molecule has 1 spiro atoms. The van der Waals surface area contributed by atoms with Crippen LogP contribution in [0.2, 0.25) is 0 Å². The summed E-state index contributed by atoms with van der Waals surface area (Å²) in [6, 6.07) is 44.8. The van der Waals surface area contributed by atoms with Gasteiger partial charge in [0.05, 0.1) is 11.1 Å². The topological polar surface area (TPSA) is 37.5 Å². The lowest BCUT2D eigenvalue weighted by atomic mass is 9.60. The van der Waals surface area contributed by atoms with Crippen molar-refractivity contribution in [2.45, 2.75) is 11.8 Å². The molecule has 1 aliphatic carbocycles. The molecule has 4 nitrogen and oxygen atoms in total. The van der Waals surface area contributed by atoms with Crippen molar-refractivity contribution in [2.24, 2.45) is 0 Å². The first-order valence-electron chi connectivity index (χ1n) is 17.0. The number of ether oxygens (including phenoxy) is 2. The minimum atomic E-state index is -0.704. The summed E-state index contributed by atoms with van der Waals surface area (Å²) in [5.41, 5.74) is 12.5. The Morgan fingerprint density at radius 1 is 0.640 bits per heavy atom. The van der Waals surface area contributed by atoms with Gasteiger partial charge in [-0.25, -0.2) is 0 Å². The van der Waals surface area contributed by atoms with E-state index in [0.29, 0.717) is 0 Å². The van der Waals surface area contributed by atoms with Crippen LogP contribution in [0.15, 0.2) is 182 Å². The second kappa shape index (κ2) is 11.0. The van der Waals surface area contributed by atoms with Crippen LogP contribution in [0.1, 0.15) is 34.4 Å². The van der Waals surface area contributed by atoms with Gasteiger partial charge < -0.3 is 19.4 Å². The Hall–Kier alpha value is -6.52. The van der Waals surface area contributed by atoms with Gasteiger partial charge in [-0.15, -0.1) is 0 Å². The monoisotopic (exact) mass is 644 g/mol. The first-order chi connectivity index (χ1) is 24.7. The Morgan fingerprint density at radius 3 is 2.14 bits per heavy atom. The Bertz CT molecular complexity index is 2480. The van der Waals surface area contributed by atoms with Crippen molar-refractivity contribution >= 4 is 22.5 Å². The van der Waals surface area contributed by atoms with Gasteiger partial charge in [-0.2, -0.15) is 0 Å². The van der Waals surface area contributed by atoms with Gasteiger partial charge in [0.2, 0.25) is 0 Å². The van der Waals surface area contributed by atoms with Gasteiger partial charge in [-0.3, -0.25) is 0 Å². The van der Waals surface area contributed by atoms with E-state index in [4.69, 9.17) is 9.47 Å². The number of hydrogen-bond donors (Lipinski definition) is 1. The molecule has 1 unspecified atom stereocenters. The molecule has 0 saturated carbocycles. The molecule has 4 heteroatoms. The molecule has 0 saturated heterocycles. The predicted octanol–water partition coefficient (Wildman–Crippen LogP) is 11.5. The second-order valence-corrected chi connectivity index (χ2v) is 13.0. The highest BCUT2D eigenvalue weighted by Crippen LogP contribution is 2.64. The number of fused-ring (bicyclic) bond motifs is 8. The lowest BCUT2D eigenvalue weighted by molar-refractivity contribution is 0.378. The van der Waals surface area contributed by atoms with E-state index in [0.717, 1.165) is 85.5 Å². The van der Waals surface area contributed by atoms with Gasteiger partial charge in [0.15, 0.2) is 0 Å². The van der Waals surface area contributed by atoms with Crippen LogP contribution in [0, 0.1) is 0 Å². The number of benzene rings is 5. The standard InChI is InChI=1S/C46H32N2O2/c1-30-14-9-10-27-48(32-15-3-2-4-16-32)45-33(30)17-11-19-35(45)34-18-12-25-42-44(34)46(36-20-5-7-23-40(36)49-42)37-21-6-8-24-41(37)50-43-29-31(28-38(43)46)39-22-13-26-47-39/h2-27,29,47H,1,28H2/b14-9-,27-10-. The average Bonchev–Trinajstić information content (AvgIpc) is 3.85. The maximum atomic E-state index is 6.91. The van der Waals surface area contributed by atoms with Crippen LogP contribution in [0.4, 0.5) is 11.4 Å². The lowest BCUT2D eigenvalue weighted by Gasteiger charge is -2.46. The summed E-state index contributed by atoms with van der Waals surface area (Å²) in [4.78, 5) is 5.73. The molecule has 50 heavy (non-hydrogen) atoms. The fourth-order valence-corrected chi connectivity index (χ4v) is 8.33. The van der Waals surface area contributed by atoms with Crippen molar-refractivity contribution in [3.05, 3.63) is 210 Å². The number of nitrogens with one attached hydrogen (secondary N) is 1. The molecular weight excluding hydrogens is 613 g/mol. The van der Waals surface area contributed by atoms with E-state index < -0.39 is 5.41 Å². The molecule has 238 valence electrons. The van der Waals surface area contributed by atoms with Crippen LogP contribution in [0.25, 0.3) is 22.3 Å². The third-order valence-electron chi connectivity index (χ3n) is 10.4. The molecule has 5 aromatic carbocycles. The van der Waals surface area contributed by atoms with Crippen LogP contribution >= 0.6 is 0 Å². The number of hydrogen-bond acceptors (Lipinski definition) is 3. The number of anilines is 2. The van der Waals surface area contributed by atoms with Crippen LogP contribution < -0.4 is 14.4 Å². The third-order valence-corrected chi connectivity index (χ3v) is 10.4. The number of rotatable bonds is 3. The van der Waals surface area contributed by atoms with Crippen molar-refractivity contribution in [1.82, 2.24) is 4.98 Å². The molecule has 4 heterocycles. The van der Waals surface area contributed by atoms with Crippen LogP contribution in [-0.2, 0) is 5.41 Å². The van der Waals surface area contributed by atoms with Gasteiger partial charge in [0.25, 0.3) is 0 Å². The van der Waals surface area contributed by atoms with Crippen LogP contribution in [-0.4, -0.2) is 4.98 Å². The first-order valence-corrected chi connectivity index (χ1v) is 17.0. The summed E-state index contributed by atoms with van der Waals surface area (Å²) in [6.45, 7) is 4.52. The zero-order chi connectivity index (χ0) is 33.2. The van der Waals surface area contributed by atoms with Gasteiger partial charge in [0, 0.05) is 58.0 Å². The number of H-pyrrole nitrogens is 1. The molecule has 1 atom stereocenters. The fourth-order valence-electron chi connectivity index (χ4n) is 8.33. The second-order valence-electron chi connectivity index (χ2n) is 13.0. The Morgan fingerprint density at radius 2 is 1.34 bits per heavy atom. The average molecular weight is 645 g/mol. The smallest absolute Gasteiger partial charge is 0.132 e. The summed E-state index contributed by atoms with van der Waals surface area (Å²) in [6.07, 6.45) is 13.3. The van der Waals surface area contributed by atoms with Crippen molar-refractivity contribution in [2.75, 3.05) is 4.90 Å². The molecule has 10 rings (SSSR count). The Kier molecular flexibility index (Phi) is 6.27. The van der Waals surface area contributed by atoms with Gasteiger partial charge in [0.1, 0.15) is 23.0 Å². The number of aromatic nitrogens is 1. The summed E-state index contributed by atoms with van der Waals surface area (Å²) >= 11 is 0. The first kappa shape index (κ1) is 28.5. The molecule has 0 amide bonds. The van der Waals surface area contributed by atoms with E-state index in [2.05, 4.69) is 174 Å². The Labute approximate surface area is 291 Å². The highest BCUT2D eigenvalue weighted by Gasteiger charge is 2.54. The van der Waals surface area contributed by atoms with Crippen LogP contribution in [0.5, 0.6) is 17.2 Å². The number of allylic oxidation sites excluding steroid dienone is 7. The highest BCUT2D eigenvalue weighted by atomic mass is 16.5. The summed E-state index contributed by atoms with van der Waals surface area (Å²) < 4.78 is 13.7. The SMILES string of the molecule is C=C1/C=C\C=C/N(c2ccccc2)c2c1cccc2-c1cccc2c1C1(C3=C(C=C(c4ccc[nH]4)C3)Oc3ccccc31)c1ccccc1O2. The molecule has 3 aliphatic heterocycles. The number of nitrogens with zero attached hydrogens (tertiary/aromatic N) is 1. The third kappa shape index (κ3) is 4.05. The molecule has 1 aromatic heterocycles. The van der Waals surface area contributed by atoms with Crippen molar-refractivity contribution in [3.8, 4) is 28.4 Å². The minimum absolute atomic E-state index is 0.704. The fraction of sp³-hybridized carbons (Fsp3) is 0.0435. The Balaban J connectivity index is 1.31. The summed E-state index contributed by atoms with van der Waals surface area (Å²) in [7, 11) is 0. The summed E-state index contributed by atoms with van der Waals surface area (Å²) in [5, 5.41) is 0. The van der Waals surface area contributed by atoms with Gasteiger partial charge in [-0.1, -0.05) is 104 Å². The molecular formula is C46H32N2O2. The molecule has 0 fully saturated rings. The maximum Gasteiger partial charge on any atom is 0.132 e. The van der Waals surface area contributed by atoms with Crippen molar-refractivity contribution in [1.29, 1.82) is 0 Å². The largest absolute Gasteiger partial charge is 0.457 e. The van der Waals surface area contributed by atoms with E-state index in [-0.39, 0.29) is 0 Å². The predicted molar refractivity (Wildman–Crippen MR) is 202 cm³/mol. The maximum absolute atomic E-state index is 6.91. The molecule has 0 bridgehead atoms. The normalized spacial score (nSPS) is 19.5.